The summed E-state index contributed by atoms with van der Waals surface area (Å²) >= 11 is 0. The first-order valence-electron chi connectivity index (χ1n) is 6.82. The van der Waals surface area contributed by atoms with Crippen LogP contribution in [0.4, 0.5) is 0 Å². The lowest BCUT2D eigenvalue weighted by atomic mass is 10.2. The molecular formula is C15H25N3O. The summed E-state index contributed by atoms with van der Waals surface area (Å²) in [7, 11) is 2.06. The maximum atomic E-state index is 11.5. The Balaban J connectivity index is 2.13. The summed E-state index contributed by atoms with van der Waals surface area (Å²) in [6, 6.07) is 10.4. The maximum Gasteiger partial charge on any atom is 0.220 e. The molecule has 1 aromatic rings. The Morgan fingerprint density at radius 3 is 2.68 bits per heavy atom. The molecule has 19 heavy (non-hydrogen) atoms. The van der Waals surface area contributed by atoms with Gasteiger partial charge in [0, 0.05) is 32.1 Å². The second-order valence-corrected chi connectivity index (χ2v) is 5.09. The van der Waals surface area contributed by atoms with Gasteiger partial charge in [-0.15, -0.1) is 0 Å². The average molecular weight is 263 g/mol. The van der Waals surface area contributed by atoms with E-state index in [1.807, 2.05) is 25.1 Å². The van der Waals surface area contributed by atoms with Gasteiger partial charge in [0.2, 0.25) is 5.91 Å². The highest BCUT2D eigenvalue weighted by atomic mass is 16.1. The van der Waals surface area contributed by atoms with E-state index >= 15 is 0 Å². The van der Waals surface area contributed by atoms with Gasteiger partial charge < -0.3 is 16.0 Å². The monoisotopic (exact) mass is 263 g/mol. The number of hydrogen-bond acceptors (Lipinski definition) is 3. The number of nitrogens with two attached hydrogens (primary N) is 1. The van der Waals surface area contributed by atoms with Gasteiger partial charge in [0.05, 0.1) is 0 Å². The highest BCUT2D eigenvalue weighted by molar-refractivity contribution is 5.75. The summed E-state index contributed by atoms with van der Waals surface area (Å²) in [6.07, 6.45) is 1.26. The van der Waals surface area contributed by atoms with Crippen molar-refractivity contribution in [2.24, 2.45) is 5.73 Å². The van der Waals surface area contributed by atoms with Crippen molar-refractivity contribution in [2.45, 2.75) is 32.4 Å². The summed E-state index contributed by atoms with van der Waals surface area (Å²) in [5.41, 5.74) is 6.90. The van der Waals surface area contributed by atoms with Gasteiger partial charge in [0.15, 0.2) is 0 Å². The van der Waals surface area contributed by atoms with Crippen LogP contribution < -0.4 is 11.1 Å². The molecule has 0 aliphatic carbocycles. The molecule has 1 atom stereocenters. The number of likely N-dealkylation sites (N-methyl/N-ethyl adjacent to an activating group) is 1. The summed E-state index contributed by atoms with van der Waals surface area (Å²) < 4.78 is 0. The van der Waals surface area contributed by atoms with Crippen LogP contribution in [0.3, 0.4) is 0 Å². The van der Waals surface area contributed by atoms with E-state index in [-0.39, 0.29) is 11.9 Å². The average Bonchev–Trinajstić information content (AvgIpc) is 2.37. The molecule has 0 radical (unpaired) electrons. The van der Waals surface area contributed by atoms with Gasteiger partial charge in [-0.2, -0.15) is 0 Å². The Morgan fingerprint density at radius 1 is 1.37 bits per heavy atom. The van der Waals surface area contributed by atoms with Gasteiger partial charge in [-0.3, -0.25) is 4.79 Å². The zero-order valence-electron chi connectivity index (χ0n) is 11.9. The zero-order chi connectivity index (χ0) is 14.1. The Kier molecular flexibility index (Phi) is 7.15. The van der Waals surface area contributed by atoms with Gasteiger partial charge in [-0.1, -0.05) is 30.3 Å². The van der Waals surface area contributed by atoms with Crippen molar-refractivity contribution in [1.29, 1.82) is 0 Å². The van der Waals surface area contributed by atoms with E-state index in [9.17, 15) is 4.79 Å². The van der Waals surface area contributed by atoms with E-state index in [0.717, 1.165) is 19.5 Å². The second kappa shape index (κ2) is 8.67. The van der Waals surface area contributed by atoms with Crippen LogP contribution in [0.1, 0.15) is 25.3 Å². The van der Waals surface area contributed by atoms with Gasteiger partial charge in [-0.25, -0.2) is 0 Å². The fourth-order valence-electron chi connectivity index (χ4n) is 1.81. The molecule has 0 aliphatic rings. The topological polar surface area (TPSA) is 58.4 Å². The Morgan fingerprint density at radius 2 is 2.05 bits per heavy atom. The number of benzene rings is 1. The fourth-order valence-corrected chi connectivity index (χ4v) is 1.81. The molecule has 0 aliphatic heterocycles. The largest absolute Gasteiger partial charge is 0.355 e. The third-order valence-corrected chi connectivity index (χ3v) is 2.94. The maximum absolute atomic E-state index is 11.5. The van der Waals surface area contributed by atoms with Crippen LogP contribution in [0, 0.1) is 0 Å². The summed E-state index contributed by atoms with van der Waals surface area (Å²) in [5.74, 6) is 0.0883. The highest BCUT2D eigenvalue weighted by Gasteiger charge is 2.04. The van der Waals surface area contributed by atoms with Crippen LogP contribution in [0.15, 0.2) is 30.3 Å². The lowest BCUT2D eigenvalue weighted by Crippen LogP contribution is -2.33. The predicted octanol–water partition coefficient (Wildman–Crippen LogP) is 1.36. The summed E-state index contributed by atoms with van der Waals surface area (Å²) in [4.78, 5) is 13.7. The number of nitrogens with zero attached hydrogens (tertiary/aromatic N) is 1. The third kappa shape index (κ3) is 7.59. The lowest BCUT2D eigenvalue weighted by Gasteiger charge is -2.17. The Hall–Kier alpha value is -1.39. The van der Waals surface area contributed by atoms with E-state index in [0.29, 0.717) is 13.0 Å². The standard InChI is InChI=1S/C15H25N3O/c1-13(16)8-9-15(19)17-10-11-18(2)12-14-6-4-3-5-7-14/h3-7,13H,8-12,16H2,1-2H3,(H,17,19). The van der Waals surface area contributed by atoms with Crippen LogP contribution in [-0.2, 0) is 11.3 Å². The molecular weight excluding hydrogens is 238 g/mol. The first-order valence-corrected chi connectivity index (χ1v) is 6.82. The van der Waals surface area contributed by atoms with E-state index in [4.69, 9.17) is 5.73 Å². The quantitative estimate of drug-likeness (QED) is 0.744. The van der Waals surface area contributed by atoms with Crippen LogP contribution in [0.5, 0.6) is 0 Å². The van der Waals surface area contributed by atoms with E-state index in [2.05, 4.69) is 29.4 Å². The van der Waals surface area contributed by atoms with Crippen molar-refractivity contribution in [3.8, 4) is 0 Å². The van der Waals surface area contributed by atoms with Crippen molar-refractivity contribution < 1.29 is 4.79 Å². The molecule has 4 nitrogen and oxygen atoms in total. The molecule has 0 fully saturated rings. The lowest BCUT2D eigenvalue weighted by molar-refractivity contribution is -0.121. The first-order chi connectivity index (χ1) is 9.08. The van der Waals surface area contributed by atoms with E-state index in [1.165, 1.54) is 5.56 Å². The number of nitrogens with one attached hydrogen (secondary N) is 1. The molecule has 3 N–H and O–H groups in total. The van der Waals surface area contributed by atoms with Crippen LogP contribution in [0.2, 0.25) is 0 Å². The SMILES string of the molecule is CC(N)CCC(=O)NCCN(C)Cc1ccccc1. The van der Waals surface area contributed by atoms with Crippen molar-refractivity contribution in [3.63, 3.8) is 0 Å². The minimum atomic E-state index is 0.0883. The van der Waals surface area contributed by atoms with Crippen molar-refractivity contribution in [1.82, 2.24) is 10.2 Å². The molecule has 0 saturated heterocycles. The van der Waals surface area contributed by atoms with Crippen molar-refractivity contribution in [3.05, 3.63) is 35.9 Å². The number of carbonyl (C=O) groups excluding carboxylic acids is 1. The van der Waals surface area contributed by atoms with Crippen LogP contribution in [0.25, 0.3) is 0 Å². The molecule has 1 amide bonds. The smallest absolute Gasteiger partial charge is 0.220 e. The molecule has 0 aromatic heterocycles. The number of hydrogen-bond donors (Lipinski definition) is 2. The van der Waals surface area contributed by atoms with E-state index < -0.39 is 0 Å². The van der Waals surface area contributed by atoms with Gasteiger partial charge in [0.1, 0.15) is 0 Å². The first kappa shape index (κ1) is 15.7. The Labute approximate surface area is 116 Å². The molecule has 1 aromatic carbocycles. The summed E-state index contributed by atoms with van der Waals surface area (Å²) in [6.45, 7) is 4.34. The molecule has 4 heteroatoms. The second-order valence-electron chi connectivity index (χ2n) is 5.09. The molecule has 106 valence electrons. The molecule has 1 unspecified atom stereocenters. The van der Waals surface area contributed by atoms with Gasteiger partial charge >= 0.3 is 0 Å². The molecule has 0 bridgehead atoms. The summed E-state index contributed by atoms with van der Waals surface area (Å²) in [5, 5.41) is 2.92. The third-order valence-electron chi connectivity index (χ3n) is 2.94. The van der Waals surface area contributed by atoms with Crippen molar-refractivity contribution >= 4 is 5.91 Å². The minimum absolute atomic E-state index is 0.0883. The highest BCUT2D eigenvalue weighted by Crippen LogP contribution is 2.01. The van der Waals surface area contributed by atoms with Gasteiger partial charge in [-0.05, 0) is 26.0 Å². The van der Waals surface area contributed by atoms with Crippen molar-refractivity contribution in [2.75, 3.05) is 20.1 Å². The normalized spacial score (nSPS) is 12.4. The van der Waals surface area contributed by atoms with Crippen LogP contribution in [-0.4, -0.2) is 37.0 Å². The number of amides is 1. The number of rotatable bonds is 8. The molecule has 0 heterocycles. The molecule has 0 saturated carbocycles. The fraction of sp³-hybridized carbons (Fsp3) is 0.533. The molecule has 0 spiro atoms. The van der Waals surface area contributed by atoms with Gasteiger partial charge in [0.25, 0.3) is 0 Å². The minimum Gasteiger partial charge on any atom is -0.355 e. The predicted molar refractivity (Wildman–Crippen MR) is 78.7 cm³/mol. The number of carbonyl (C=O) groups is 1. The zero-order valence-corrected chi connectivity index (χ0v) is 11.9. The van der Waals surface area contributed by atoms with E-state index in [1.54, 1.807) is 0 Å². The van der Waals surface area contributed by atoms with Crippen LogP contribution >= 0.6 is 0 Å². The molecule has 1 rings (SSSR count). The Bertz CT molecular complexity index is 365.